The van der Waals surface area contributed by atoms with E-state index in [1.165, 1.54) is 0 Å². The van der Waals surface area contributed by atoms with Gasteiger partial charge in [-0.2, -0.15) is 0 Å². The highest BCUT2D eigenvalue weighted by molar-refractivity contribution is 6.33. The van der Waals surface area contributed by atoms with Gasteiger partial charge in [0.05, 0.1) is 23.7 Å². The van der Waals surface area contributed by atoms with Crippen LogP contribution in [-0.4, -0.2) is 19.6 Å². The van der Waals surface area contributed by atoms with Gasteiger partial charge >= 0.3 is 0 Å². The molecule has 0 heterocycles. The normalized spacial score (nSPS) is 12.9. The molecule has 0 aliphatic carbocycles. The second-order valence-electron chi connectivity index (χ2n) is 6.03. The molecule has 4 nitrogen and oxygen atoms in total. The molecule has 0 fully saturated rings. The monoisotopic (exact) mass is 298 g/mol. The van der Waals surface area contributed by atoms with Crippen molar-refractivity contribution in [3.8, 4) is 5.75 Å². The van der Waals surface area contributed by atoms with E-state index < -0.39 is 0 Å². The number of benzene rings is 1. The van der Waals surface area contributed by atoms with Crippen molar-refractivity contribution < 1.29 is 9.53 Å². The average molecular weight is 299 g/mol. The van der Waals surface area contributed by atoms with Crippen LogP contribution < -0.4 is 15.8 Å². The lowest BCUT2D eigenvalue weighted by Crippen LogP contribution is -2.32. The molecule has 1 aromatic carbocycles. The Morgan fingerprint density at radius 2 is 2.10 bits per heavy atom. The number of rotatable bonds is 5. The molecule has 0 aromatic heterocycles. The van der Waals surface area contributed by atoms with Gasteiger partial charge in [0.25, 0.3) is 0 Å². The second-order valence-corrected chi connectivity index (χ2v) is 6.44. The third kappa shape index (κ3) is 5.02. The molecule has 0 aliphatic rings. The molecule has 112 valence electrons. The third-order valence-electron chi connectivity index (χ3n) is 2.95. The average Bonchev–Trinajstić information content (AvgIpc) is 2.37. The summed E-state index contributed by atoms with van der Waals surface area (Å²) in [5, 5.41) is 3.31. The van der Waals surface area contributed by atoms with Gasteiger partial charge in [-0.05, 0) is 24.0 Å². The Morgan fingerprint density at radius 3 is 2.60 bits per heavy atom. The quantitative estimate of drug-likeness (QED) is 0.876. The number of hydrogen-bond acceptors (Lipinski definition) is 3. The summed E-state index contributed by atoms with van der Waals surface area (Å²) in [6, 6.07) is 5.13. The van der Waals surface area contributed by atoms with Crippen LogP contribution in [0, 0.1) is 11.3 Å². The van der Waals surface area contributed by atoms with Crippen LogP contribution in [0.4, 0.5) is 5.69 Å². The number of hydrogen-bond donors (Lipinski definition) is 2. The molecule has 0 spiro atoms. The maximum atomic E-state index is 12.3. The summed E-state index contributed by atoms with van der Waals surface area (Å²) in [5.41, 5.74) is 6.30. The van der Waals surface area contributed by atoms with E-state index in [9.17, 15) is 4.79 Å². The number of nitrogens with two attached hydrogens (primary N) is 1. The van der Waals surface area contributed by atoms with Crippen LogP contribution in [0.3, 0.4) is 0 Å². The van der Waals surface area contributed by atoms with Gasteiger partial charge in [0.15, 0.2) is 0 Å². The summed E-state index contributed by atoms with van der Waals surface area (Å²) in [5.74, 6) is 0.291. The van der Waals surface area contributed by atoms with Crippen molar-refractivity contribution in [2.24, 2.45) is 17.1 Å². The first kappa shape index (κ1) is 16.8. The first-order valence-electron chi connectivity index (χ1n) is 6.61. The highest BCUT2D eigenvalue weighted by Crippen LogP contribution is 2.29. The zero-order chi connectivity index (χ0) is 15.3. The van der Waals surface area contributed by atoms with Crippen LogP contribution in [0.15, 0.2) is 18.2 Å². The number of carbonyl (C=O) groups is 1. The molecule has 5 heteroatoms. The standard InChI is InChI=1S/C15H23ClN2O2/c1-15(2,3)8-10(9-17)14(19)18-13-7-11(20-4)5-6-12(13)16/h5-7,10H,8-9,17H2,1-4H3,(H,18,19). The van der Waals surface area contributed by atoms with E-state index in [4.69, 9.17) is 22.1 Å². The number of anilines is 1. The lowest BCUT2D eigenvalue weighted by atomic mass is 9.84. The molecular formula is C15H23ClN2O2. The molecule has 3 N–H and O–H groups in total. The molecule has 0 bridgehead atoms. The zero-order valence-electron chi connectivity index (χ0n) is 12.5. The Labute approximate surface area is 125 Å². The minimum absolute atomic E-state index is 0.0412. The summed E-state index contributed by atoms with van der Waals surface area (Å²) in [6.45, 7) is 6.56. The minimum atomic E-state index is -0.239. The fourth-order valence-electron chi connectivity index (χ4n) is 1.98. The van der Waals surface area contributed by atoms with Crippen LogP contribution >= 0.6 is 11.6 Å². The highest BCUT2D eigenvalue weighted by atomic mass is 35.5. The summed E-state index contributed by atoms with van der Waals surface area (Å²) >= 11 is 6.08. The van der Waals surface area contributed by atoms with E-state index in [-0.39, 0.29) is 17.2 Å². The molecule has 0 aliphatic heterocycles. The summed E-state index contributed by atoms with van der Waals surface area (Å²) in [7, 11) is 1.57. The smallest absolute Gasteiger partial charge is 0.228 e. The molecule has 0 radical (unpaired) electrons. The summed E-state index contributed by atoms with van der Waals surface area (Å²) in [4.78, 5) is 12.3. The number of halogens is 1. The number of amides is 1. The number of carbonyl (C=O) groups excluding carboxylic acids is 1. The van der Waals surface area contributed by atoms with Crippen molar-refractivity contribution in [1.82, 2.24) is 0 Å². The summed E-state index contributed by atoms with van der Waals surface area (Å²) < 4.78 is 5.12. The maximum Gasteiger partial charge on any atom is 0.228 e. The zero-order valence-corrected chi connectivity index (χ0v) is 13.3. The fourth-order valence-corrected chi connectivity index (χ4v) is 2.15. The van der Waals surface area contributed by atoms with Crippen molar-refractivity contribution in [3.05, 3.63) is 23.2 Å². The second kappa shape index (κ2) is 6.95. The largest absolute Gasteiger partial charge is 0.497 e. The van der Waals surface area contributed by atoms with Crippen LogP contribution in [0.1, 0.15) is 27.2 Å². The Balaban J connectivity index is 2.83. The van der Waals surface area contributed by atoms with Gasteiger partial charge in [-0.3, -0.25) is 4.79 Å². The first-order valence-corrected chi connectivity index (χ1v) is 6.99. The number of ether oxygens (including phenoxy) is 1. The minimum Gasteiger partial charge on any atom is -0.497 e. The van der Waals surface area contributed by atoms with Gasteiger partial charge < -0.3 is 15.8 Å². The first-order chi connectivity index (χ1) is 9.26. The van der Waals surface area contributed by atoms with E-state index in [2.05, 4.69) is 26.1 Å². The molecule has 20 heavy (non-hydrogen) atoms. The van der Waals surface area contributed by atoms with Crippen molar-refractivity contribution in [3.63, 3.8) is 0 Å². The molecule has 0 saturated carbocycles. The van der Waals surface area contributed by atoms with Gasteiger partial charge in [0.1, 0.15) is 5.75 Å². The van der Waals surface area contributed by atoms with Gasteiger partial charge in [0.2, 0.25) is 5.91 Å². The van der Waals surface area contributed by atoms with E-state index in [0.717, 1.165) is 6.42 Å². The Hall–Kier alpha value is -1.26. The predicted molar refractivity (Wildman–Crippen MR) is 83.3 cm³/mol. The molecule has 0 saturated heterocycles. The SMILES string of the molecule is COc1ccc(Cl)c(NC(=O)C(CN)CC(C)(C)C)c1. The van der Waals surface area contributed by atoms with Gasteiger partial charge in [-0.25, -0.2) is 0 Å². The lowest BCUT2D eigenvalue weighted by molar-refractivity contribution is -0.120. The van der Waals surface area contributed by atoms with Gasteiger partial charge in [-0.1, -0.05) is 32.4 Å². The predicted octanol–water partition coefficient (Wildman–Crippen LogP) is 3.30. The topological polar surface area (TPSA) is 64.3 Å². The van der Waals surface area contributed by atoms with Crippen LogP contribution in [-0.2, 0) is 4.79 Å². The van der Waals surface area contributed by atoms with E-state index in [1.54, 1.807) is 25.3 Å². The molecule has 1 atom stereocenters. The van der Waals surface area contributed by atoms with E-state index >= 15 is 0 Å². The van der Waals surface area contributed by atoms with Crippen LogP contribution in [0.2, 0.25) is 5.02 Å². The van der Waals surface area contributed by atoms with Gasteiger partial charge in [-0.15, -0.1) is 0 Å². The van der Waals surface area contributed by atoms with Crippen molar-refractivity contribution in [1.29, 1.82) is 0 Å². The summed E-state index contributed by atoms with van der Waals surface area (Å²) in [6.07, 6.45) is 0.719. The van der Waals surface area contributed by atoms with Gasteiger partial charge in [0, 0.05) is 12.6 Å². The molecule has 1 unspecified atom stereocenters. The number of methoxy groups -OCH3 is 1. The van der Waals surface area contributed by atoms with Crippen molar-refractivity contribution >= 4 is 23.2 Å². The van der Waals surface area contributed by atoms with Crippen LogP contribution in [0.25, 0.3) is 0 Å². The fraction of sp³-hybridized carbons (Fsp3) is 0.533. The van der Waals surface area contributed by atoms with Crippen molar-refractivity contribution in [2.75, 3.05) is 19.0 Å². The third-order valence-corrected chi connectivity index (χ3v) is 3.28. The molecule has 1 rings (SSSR count). The Morgan fingerprint density at radius 1 is 1.45 bits per heavy atom. The molecule has 1 aromatic rings. The maximum absolute atomic E-state index is 12.3. The Bertz CT molecular complexity index is 469. The van der Waals surface area contributed by atoms with Crippen molar-refractivity contribution in [2.45, 2.75) is 27.2 Å². The highest BCUT2D eigenvalue weighted by Gasteiger charge is 2.24. The number of nitrogens with one attached hydrogen (secondary N) is 1. The van der Waals surface area contributed by atoms with E-state index in [0.29, 0.717) is 23.0 Å². The van der Waals surface area contributed by atoms with E-state index in [1.807, 2.05) is 0 Å². The molecule has 1 amide bonds. The lowest BCUT2D eigenvalue weighted by Gasteiger charge is -2.24. The molecular weight excluding hydrogens is 276 g/mol. The van der Waals surface area contributed by atoms with Crippen LogP contribution in [0.5, 0.6) is 5.75 Å². The Kier molecular flexibility index (Phi) is 5.84.